The Hall–Kier alpha value is -1.88. The maximum atomic E-state index is 12.8. The van der Waals surface area contributed by atoms with Gasteiger partial charge in [0.1, 0.15) is 0 Å². The minimum absolute atomic E-state index is 0.0224. The molecule has 0 N–H and O–H groups in total. The third-order valence-corrected chi connectivity index (χ3v) is 6.35. The summed E-state index contributed by atoms with van der Waals surface area (Å²) in [5.74, 6) is 0.326. The maximum Gasteiger partial charge on any atom is 0.227 e. The number of carbonyl (C=O) groups excluding carboxylic acids is 1. The fourth-order valence-corrected chi connectivity index (χ4v) is 5.13. The molecule has 128 valence electrons. The van der Waals surface area contributed by atoms with Crippen molar-refractivity contribution in [2.24, 2.45) is 0 Å². The van der Waals surface area contributed by atoms with Crippen molar-refractivity contribution in [3.05, 3.63) is 48.0 Å². The predicted octanol–water partition coefficient (Wildman–Crippen LogP) is 2.81. The number of sulfone groups is 1. The molecule has 2 aromatic carbocycles. The lowest BCUT2D eigenvalue weighted by Crippen LogP contribution is -2.42. The molecule has 1 amide bonds. The van der Waals surface area contributed by atoms with Gasteiger partial charge in [-0.15, -0.1) is 0 Å². The summed E-state index contributed by atoms with van der Waals surface area (Å²) in [7, 11) is -2.99. The van der Waals surface area contributed by atoms with Crippen molar-refractivity contribution in [3.8, 4) is 0 Å². The zero-order valence-electron chi connectivity index (χ0n) is 13.9. The minimum atomic E-state index is -2.99. The van der Waals surface area contributed by atoms with Gasteiger partial charge in [0.2, 0.25) is 5.91 Å². The second kappa shape index (κ2) is 6.93. The molecule has 1 atom stereocenters. The summed E-state index contributed by atoms with van der Waals surface area (Å²) in [5, 5.41) is 2.27. The van der Waals surface area contributed by atoms with Crippen LogP contribution in [0.4, 0.5) is 0 Å². The number of fused-ring (bicyclic) bond motifs is 1. The Kier molecular flexibility index (Phi) is 4.90. The normalized spacial score (nSPS) is 19.5. The number of hydrogen-bond acceptors (Lipinski definition) is 3. The van der Waals surface area contributed by atoms with Crippen molar-refractivity contribution in [1.82, 2.24) is 4.90 Å². The molecule has 0 aliphatic carbocycles. The first-order chi connectivity index (χ1) is 11.5. The van der Waals surface area contributed by atoms with Gasteiger partial charge in [-0.2, -0.15) is 0 Å². The van der Waals surface area contributed by atoms with Crippen LogP contribution < -0.4 is 0 Å². The molecule has 1 fully saturated rings. The molecule has 0 unspecified atom stereocenters. The minimum Gasteiger partial charge on any atom is -0.338 e. The van der Waals surface area contributed by atoms with Gasteiger partial charge in [-0.25, -0.2) is 8.42 Å². The molecule has 2 aromatic rings. The molecule has 0 bridgehead atoms. The van der Waals surface area contributed by atoms with Crippen molar-refractivity contribution >= 4 is 26.5 Å². The lowest BCUT2D eigenvalue weighted by Gasteiger charge is -2.28. The molecule has 0 spiro atoms. The predicted molar refractivity (Wildman–Crippen MR) is 96.7 cm³/mol. The summed E-state index contributed by atoms with van der Waals surface area (Å²) in [5.41, 5.74) is 0.973. The third kappa shape index (κ3) is 3.78. The fourth-order valence-electron chi connectivity index (χ4n) is 3.40. The van der Waals surface area contributed by atoms with Crippen LogP contribution in [-0.4, -0.2) is 43.3 Å². The Labute approximate surface area is 143 Å². The van der Waals surface area contributed by atoms with Crippen molar-refractivity contribution in [2.75, 3.05) is 18.1 Å². The van der Waals surface area contributed by atoms with Gasteiger partial charge in [0, 0.05) is 12.6 Å². The Balaban J connectivity index is 1.77. The van der Waals surface area contributed by atoms with E-state index in [0.717, 1.165) is 22.8 Å². The van der Waals surface area contributed by atoms with Crippen LogP contribution in [0, 0.1) is 0 Å². The Morgan fingerprint density at radius 1 is 1.17 bits per heavy atom. The average molecular weight is 345 g/mol. The molecular weight excluding hydrogens is 322 g/mol. The van der Waals surface area contributed by atoms with E-state index in [1.54, 1.807) is 4.90 Å². The van der Waals surface area contributed by atoms with Gasteiger partial charge in [-0.1, -0.05) is 49.4 Å². The van der Waals surface area contributed by atoms with Crippen molar-refractivity contribution in [2.45, 2.75) is 32.2 Å². The van der Waals surface area contributed by atoms with E-state index in [2.05, 4.69) is 0 Å². The highest BCUT2D eigenvalue weighted by Gasteiger charge is 2.34. The average Bonchev–Trinajstić information content (AvgIpc) is 2.92. The monoisotopic (exact) mass is 345 g/mol. The Bertz CT molecular complexity index is 845. The van der Waals surface area contributed by atoms with Gasteiger partial charge in [0.15, 0.2) is 9.84 Å². The Morgan fingerprint density at radius 3 is 2.58 bits per heavy atom. The zero-order valence-corrected chi connectivity index (χ0v) is 14.8. The third-order valence-electron chi connectivity index (χ3n) is 4.60. The summed E-state index contributed by atoms with van der Waals surface area (Å²) in [6, 6.07) is 14.0. The van der Waals surface area contributed by atoms with E-state index in [0.29, 0.717) is 19.4 Å². The van der Waals surface area contributed by atoms with Crippen molar-refractivity contribution < 1.29 is 13.2 Å². The van der Waals surface area contributed by atoms with Crippen LogP contribution in [0.5, 0.6) is 0 Å². The fraction of sp³-hybridized carbons (Fsp3) is 0.421. The van der Waals surface area contributed by atoms with E-state index in [9.17, 15) is 13.2 Å². The van der Waals surface area contributed by atoms with Gasteiger partial charge in [0.05, 0.1) is 17.9 Å². The van der Waals surface area contributed by atoms with Gasteiger partial charge >= 0.3 is 0 Å². The number of carbonyl (C=O) groups is 1. The van der Waals surface area contributed by atoms with Gasteiger partial charge in [0.25, 0.3) is 0 Å². The first-order valence-electron chi connectivity index (χ1n) is 8.46. The molecule has 1 aliphatic rings. The van der Waals surface area contributed by atoms with Crippen LogP contribution in [0.3, 0.4) is 0 Å². The maximum absolute atomic E-state index is 12.8. The lowest BCUT2D eigenvalue weighted by molar-refractivity contribution is -0.132. The first-order valence-corrected chi connectivity index (χ1v) is 10.3. The number of rotatable bonds is 5. The van der Waals surface area contributed by atoms with E-state index in [4.69, 9.17) is 0 Å². The summed E-state index contributed by atoms with van der Waals surface area (Å²) in [4.78, 5) is 14.5. The molecule has 5 heteroatoms. The summed E-state index contributed by atoms with van der Waals surface area (Å²) >= 11 is 0. The second-order valence-electron chi connectivity index (χ2n) is 6.50. The van der Waals surface area contributed by atoms with Crippen LogP contribution in [0.15, 0.2) is 42.5 Å². The van der Waals surface area contributed by atoms with Crippen LogP contribution in [0.2, 0.25) is 0 Å². The number of hydrogen-bond donors (Lipinski definition) is 0. The topological polar surface area (TPSA) is 54.5 Å². The van der Waals surface area contributed by atoms with Crippen LogP contribution in [0.25, 0.3) is 10.8 Å². The van der Waals surface area contributed by atoms with Crippen LogP contribution >= 0.6 is 0 Å². The van der Waals surface area contributed by atoms with E-state index < -0.39 is 9.84 Å². The standard InChI is InChI=1S/C19H23NO3S/c1-2-10-20(18-9-11-24(22,23)14-18)19(21)13-15-7-8-16-5-3-4-6-17(16)12-15/h3-8,12,18H,2,9-11,13-14H2,1H3/t18-/m0/s1. The van der Waals surface area contributed by atoms with Gasteiger partial charge in [-0.3, -0.25) is 4.79 Å². The smallest absolute Gasteiger partial charge is 0.227 e. The SMILES string of the molecule is CCCN(C(=O)Cc1ccc2ccccc2c1)[C@H]1CCS(=O)(=O)C1. The highest BCUT2D eigenvalue weighted by molar-refractivity contribution is 7.91. The summed E-state index contributed by atoms with van der Waals surface area (Å²) in [6.45, 7) is 2.63. The highest BCUT2D eigenvalue weighted by atomic mass is 32.2. The molecular formula is C19H23NO3S. The van der Waals surface area contributed by atoms with Crippen molar-refractivity contribution in [3.63, 3.8) is 0 Å². The van der Waals surface area contributed by atoms with Crippen LogP contribution in [-0.2, 0) is 21.1 Å². The van der Waals surface area contributed by atoms with E-state index in [1.807, 2.05) is 49.4 Å². The first kappa shape index (κ1) is 17.0. The molecule has 1 heterocycles. The quantitative estimate of drug-likeness (QED) is 0.837. The molecule has 1 aliphatic heterocycles. The van der Waals surface area contributed by atoms with E-state index in [-0.39, 0.29) is 23.5 Å². The molecule has 0 saturated carbocycles. The van der Waals surface area contributed by atoms with Gasteiger partial charge < -0.3 is 4.90 Å². The number of benzene rings is 2. The molecule has 0 aromatic heterocycles. The van der Waals surface area contributed by atoms with E-state index in [1.165, 1.54) is 0 Å². The second-order valence-corrected chi connectivity index (χ2v) is 8.73. The lowest BCUT2D eigenvalue weighted by atomic mass is 10.0. The van der Waals surface area contributed by atoms with E-state index >= 15 is 0 Å². The van der Waals surface area contributed by atoms with Gasteiger partial charge in [-0.05, 0) is 29.2 Å². The van der Waals surface area contributed by atoms with Crippen molar-refractivity contribution in [1.29, 1.82) is 0 Å². The van der Waals surface area contributed by atoms with Crippen LogP contribution in [0.1, 0.15) is 25.3 Å². The largest absolute Gasteiger partial charge is 0.338 e. The summed E-state index contributed by atoms with van der Waals surface area (Å²) < 4.78 is 23.5. The Morgan fingerprint density at radius 2 is 1.92 bits per heavy atom. The highest BCUT2D eigenvalue weighted by Crippen LogP contribution is 2.21. The molecule has 0 radical (unpaired) electrons. The number of nitrogens with zero attached hydrogens (tertiary/aromatic N) is 1. The summed E-state index contributed by atoms with van der Waals surface area (Å²) in [6.07, 6.45) is 1.72. The molecule has 1 saturated heterocycles. The molecule has 4 nitrogen and oxygen atoms in total. The number of amides is 1. The molecule has 3 rings (SSSR count). The zero-order chi connectivity index (χ0) is 17.2. The molecule has 24 heavy (non-hydrogen) atoms.